The Hall–Kier alpha value is -0.280. The number of nitrogens with two attached hydrogens (primary N) is 1. The molecule has 1 unspecified atom stereocenters. The lowest BCUT2D eigenvalue weighted by Gasteiger charge is -2.38. The molecule has 0 radical (unpaired) electrons. The second-order valence-electron chi connectivity index (χ2n) is 2.83. The van der Waals surface area contributed by atoms with E-state index in [1.165, 1.54) is 0 Å². The maximum absolute atomic E-state index is 9.30. The van der Waals surface area contributed by atoms with Gasteiger partial charge in [-0.3, -0.25) is 4.84 Å². The Morgan fingerprint density at radius 1 is 1.23 bits per heavy atom. The zero-order valence-electron chi connectivity index (χ0n) is 6.78. The monoisotopic (exact) mass is 195 g/mol. The van der Waals surface area contributed by atoms with Gasteiger partial charge in [0.15, 0.2) is 12.4 Å². The van der Waals surface area contributed by atoms with Crippen molar-refractivity contribution in [1.29, 1.82) is 0 Å². The molecule has 0 bridgehead atoms. The minimum atomic E-state index is -1.46. The predicted molar refractivity (Wildman–Crippen MR) is 39.0 cm³/mol. The fraction of sp³-hybridized carbons (Fsp3) is 1.00. The van der Waals surface area contributed by atoms with Crippen LogP contribution in [0.4, 0.5) is 0 Å². The molecule has 1 aliphatic rings. The molecule has 1 aliphatic heterocycles. The molecule has 0 aromatic carbocycles. The normalized spacial score (nSPS) is 46.4. The summed E-state index contributed by atoms with van der Waals surface area (Å²) < 4.78 is 4.71. The van der Waals surface area contributed by atoms with Gasteiger partial charge in [-0.05, 0) is 0 Å². The van der Waals surface area contributed by atoms with Crippen LogP contribution in [0.25, 0.3) is 0 Å². The van der Waals surface area contributed by atoms with Crippen LogP contribution < -0.4 is 5.90 Å². The lowest BCUT2D eigenvalue weighted by molar-refractivity contribution is -0.297. The van der Waals surface area contributed by atoms with Gasteiger partial charge in [0.2, 0.25) is 0 Å². The van der Waals surface area contributed by atoms with Crippen LogP contribution in [0.3, 0.4) is 0 Å². The summed E-state index contributed by atoms with van der Waals surface area (Å²) in [5.74, 6) is 4.76. The van der Waals surface area contributed by atoms with Crippen molar-refractivity contribution in [1.82, 2.24) is 0 Å². The Morgan fingerprint density at radius 2 is 1.85 bits per heavy atom. The smallest absolute Gasteiger partial charge is 0.186 e. The van der Waals surface area contributed by atoms with Gasteiger partial charge in [-0.15, -0.1) is 0 Å². The summed E-state index contributed by atoms with van der Waals surface area (Å²) in [6, 6.07) is 0. The molecular weight excluding hydrogens is 182 g/mol. The van der Waals surface area contributed by atoms with Crippen LogP contribution in [-0.2, 0) is 9.57 Å². The average Bonchev–Trinajstić information content (AvgIpc) is 2.12. The van der Waals surface area contributed by atoms with Crippen LogP contribution in [0.2, 0.25) is 0 Å². The summed E-state index contributed by atoms with van der Waals surface area (Å²) in [5.41, 5.74) is 0. The first-order valence-electron chi connectivity index (χ1n) is 3.78. The van der Waals surface area contributed by atoms with Crippen molar-refractivity contribution in [2.45, 2.75) is 30.7 Å². The summed E-state index contributed by atoms with van der Waals surface area (Å²) in [5, 5.41) is 36.4. The molecule has 0 saturated carbocycles. The molecule has 0 aromatic rings. The van der Waals surface area contributed by atoms with Crippen molar-refractivity contribution in [2.24, 2.45) is 5.90 Å². The summed E-state index contributed by atoms with van der Waals surface area (Å²) >= 11 is 0. The van der Waals surface area contributed by atoms with Gasteiger partial charge in [0, 0.05) is 0 Å². The minimum absolute atomic E-state index is 0.507. The fourth-order valence-corrected chi connectivity index (χ4v) is 1.22. The molecule has 7 heteroatoms. The third-order valence-corrected chi connectivity index (χ3v) is 2.00. The van der Waals surface area contributed by atoms with Gasteiger partial charge in [-0.25, -0.2) is 5.90 Å². The first-order valence-corrected chi connectivity index (χ1v) is 3.78. The Kier molecular flexibility index (Phi) is 3.56. The maximum Gasteiger partial charge on any atom is 0.186 e. The highest BCUT2D eigenvalue weighted by molar-refractivity contribution is 4.88. The average molecular weight is 195 g/mol. The van der Waals surface area contributed by atoms with Crippen molar-refractivity contribution in [3.63, 3.8) is 0 Å². The molecule has 1 heterocycles. The van der Waals surface area contributed by atoms with E-state index in [-0.39, 0.29) is 0 Å². The zero-order chi connectivity index (χ0) is 10.0. The number of rotatable bonds is 2. The number of aliphatic hydroxyl groups excluding tert-OH is 4. The van der Waals surface area contributed by atoms with Crippen LogP contribution >= 0.6 is 0 Å². The molecule has 78 valence electrons. The van der Waals surface area contributed by atoms with Gasteiger partial charge in [0.25, 0.3) is 0 Å². The number of hydrogen-bond donors (Lipinski definition) is 5. The first kappa shape index (κ1) is 10.8. The van der Waals surface area contributed by atoms with Gasteiger partial charge in [0.05, 0.1) is 6.61 Å². The molecule has 0 aromatic heterocycles. The molecule has 7 nitrogen and oxygen atoms in total. The second kappa shape index (κ2) is 4.29. The quantitative estimate of drug-likeness (QED) is 0.292. The van der Waals surface area contributed by atoms with Crippen molar-refractivity contribution in [3.05, 3.63) is 0 Å². The topological polar surface area (TPSA) is 125 Å². The molecule has 0 amide bonds. The SMILES string of the molecule is NO[C@H]1C(O)O[C@H](CO)[C@H](O)[C@@H]1O. The van der Waals surface area contributed by atoms with Crippen molar-refractivity contribution in [2.75, 3.05) is 6.61 Å². The van der Waals surface area contributed by atoms with Gasteiger partial charge < -0.3 is 25.2 Å². The van der Waals surface area contributed by atoms with Gasteiger partial charge in [-0.1, -0.05) is 0 Å². The lowest BCUT2D eigenvalue weighted by Crippen LogP contribution is -2.59. The van der Waals surface area contributed by atoms with Crippen LogP contribution in [-0.4, -0.2) is 57.7 Å². The summed E-state index contributed by atoms with van der Waals surface area (Å²) in [6.07, 6.45) is -6.41. The highest BCUT2D eigenvalue weighted by atomic mass is 16.7. The molecular formula is C6H13NO6. The second-order valence-corrected chi connectivity index (χ2v) is 2.83. The van der Waals surface area contributed by atoms with E-state index in [9.17, 15) is 10.2 Å². The molecule has 0 aliphatic carbocycles. The van der Waals surface area contributed by atoms with E-state index in [1.807, 2.05) is 0 Å². The highest BCUT2D eigenvalue weighted by Gasteiger charge is 2.44. The zero-order valence-corrected chi connectivity index (χ0v) is 6.78. The van der Waals surface area contributed by atoms with E-state index in [0.717, 1.165) is 0 Å². The van der Waals surface area contributed by atoms with E-state index < -0.39 is 37.3 Å². The van der Waals surface area contributed by atoms with E-state index >= 15 is 0 Å². The molecule has 0 spiro atoms. The Balaban J connectivity index is 2.66. The van der Waals surface area contributed by atoms with Crippen LogP contribution in [0, 0.1) is 0 Å². The van der Waals surface area contributed by atoms with Crippen molar-refractivity contribution in [3.8, 4) is 0 Å². The standard InChI is InChI=1S/C6H13NO6/c7-13-5-4(10)3(9)2(1-8)12-6(5)11/h2-6,8-11H,1,7H2/t2-,3+,4+,5-,6?/m1/s1. The van der Waals surface area contributed by atoms with Crippen LogP contribution in [0.15, 0.2) is 0 Å². The Bertz CT molecular complexity index is 167. The molecule has 5 atom stereocenters. The number of aliphatic hydroxyl groups is 4. The van der Waals surface area contributed by atoms with Crippen LogP contribution in [0.5, 0.6) is 0 Å². The summed E-state index contributed by atoms with van der Waals surface area (Å²) in [4.78, 5) is 4.21. The Labute approximate surface area is 74.3 Å². The summed E-state index contributed by atoms with van der Waals surface area (Å²) in [7, 11) is 0. The van der Waals surface area contributed by atoms with E-state index in [1.54, 1.807) is 0 Å². The molecule has 1 fully saturated rings. The van der Waals surface area contributed by atoms with Gasteiger partial charge in [-0.2, -0.15) is 0 Å². The molecule has 1 rings (SSSR count). The first-order chi connectivity index (χ1) is 6.11. The van der Waals surface area contributed by atoms with E-state index in [4.69, 9.17) is 20.8 Å². The predicted octanol–water partition coefficient (Wildman–Crippen LogP) is -3.32. The fourth-order valence-electron chi connectivity index (χ4n) is 1.22. The number of ether oxygens (including phenoxy) is 1. The van der Waals surface area contributed by atoms with Crippen LogP contribution in [0.1, 0.15) is 0 Å². The lowest BCUT2D eigenvalue weighted by atomic mass is 9.99. The van der Waals surface area contributed by atoms with E-state index in [0.29, 0.717) is 0 Å². The molecule has 13 heavy (non-hydrogen) atoms. The molecule has 1 saturated heterocycles. The van der Waals surface area contributed by atoms with Gasteiger partial charge >= 0.3 is 0 Å². The highest BCUT2D eigenvalue weighted by Crippen LogP contribution is 2.20. The Morgan fingerprint density at radius 3 is 2.31 bits per heavy atom. The third-order valence-electron chi connectivity index (χ3n) is 2.00. The van der Waals surface area contributed by atoms with Gasteiger partial charge in [0.1, 0.15) is 18.3 Å². The number of hydrogen-bond acceptors (Lipinski definition) is 7. The maximum atomic E-state index is 9.30. The molecule has 6 N–H and O–H groups in total. The third kappa shape index (κ3) is 1.97. The summed E-state index contributed by atoms with van der Waals surface area (Å²) in [6.45, 7) is -0.507. The largest absolute Gasteiger partial charge is 0.394 e. The van der Waals surface area contributed by atoms with E-state index in [2.05, 4.69) is 4.84 Å². The van der Waals surface area contributed by atoms with Crippen molar-refractivity contribution >= 4 is 0 Å². The van der Waals surface area contributed by atoms with Crippen molar-refractivity contribution < 1.29 is 30.0 Å². The minimum Gasteiger partial charge on any atom is -0.394 e.